The van der Waals surface area contributed by atoms with Gasteiger partial charge >= 0.3 is 11.9 Å². The molecule has 5 heteroatoms. The average Bonchev–Trinajstić information content (AvgIpc) is 2.36. The van der Waals surface area contributed by atoms with E-state index in [2.05, 4.69) is 4.98 Å². The number of carbonyl (C=O) groups excluding carboxylic acids is 1. The summed E-state index contributed by atoms with van der Waals surface area (Å²) in [7, 11) is 0. The molecule has 0 aliphatic heterocycles. The van der Waals surface area contributed by atoms with Crippen LogP contribution in [0.15, 0.2) is 24.5 Å². The van der Waals surface area contributed by atoms with Crippen LogP contribution in [0.25, 0.3) is 0 Å². The number of rotatable bonds is 6. The summed E-state index contributed by atoms with van der Waals surface area (Å²) in [6.07, 6.45) is 3.25. The molecule has 1 aromatic rings. The number of carbonyl (C=O) groups is 2. The molecule has 0 radical (unpaired) electrons. The fraction of sp³-hybridized carbons (Fsp3) is 0.500. The van der Waals surface area contributed by atoms with Crippen LogP contribution >= 0.6 is 0 Å². The molecule has 0 amide bonds. The number of aliphatic carboxylic acids is 1. The summed E-state index contributed by atoms with van der Waals surface area (Å²) >= 11 is 0. The van der Waals surface area contributed by atoms with Gasteiger partial charge in [0.2, 0.25) is 0 Å². The SMILES string of the molecule is CCOC(=O)C(Cc1ccncc1)(C(=O)O)C(C)C. The lowest BCUT2D eigenvalue weighted by molar-refractivity contribution is -0.172. The predicted octanol–water partition coefficient (Wildman–Crippen LogP) is 1.91. The highest BCUT2D eigenvalue weighted by Gasteiger charge is 2.50. The molecule has 1 aromatic heterocycles. The van der Waals surface area contributed by atoms with Crippen molar-refractivity contribution in [3.63, 3.8) is 0 Å². The molecule has 0 spiro atoms. The van der Waals surface area contributed by atoms with Gasteiger partial charge < -0.3 is 9.84 Å². The van der Waals surface area contributed by atoms with Crippen LogP contribution in [0.3, 0.4) is 0 Å². The van der Waals surface area contributed by atoms with Crippen molar-refractivity contribution in [1.82, 2.24) is 4.98 Å². The van der Waals surface area contributed by atoms with Crippen LogP contribution in [-0.2, 0) is 20.7 Å². The van der Waals surface area contributed by atoms with Crippen molar-refractivity contribution < 1.29 is 19.4 Å². The summed E-state index contributed by atoms with van der Waals surface area (Å²) in [5, 5.41) is 9.54. The first kappa shape index (κ1) is 15.1. The highest BCUT2D eigenvalue weighted by molar-refractivity contribution is 5.99. The van der Waals surface area contributed by atoms with Crippen LogP contribution in [0, 0.1) is 11.3 Å². The first-order chi connectivity index (χ1) is 8.95. The molecule has 0 aliphatic rings. The van der Waals surface area contributed by atoms with E-state index in [1.54, 1.807) is 45.3 Å². The molecular weight excluding hydrogens is 246 g/mol. The molecule has 0 fully saturated rings. The first-order valence-corrected chi connectivity index (χ1v) is 6.24. The van der Waals surface area contributed by atoms with E-state index in [1.807, 2.05) is 0 Å². The van der Waals surface area contributed by atoms with Crippen LogP contribution < -0.4 is 0 Å². The average molecular weight is 265 g/mol. The smallest absolute Gasteiger partial charge is 0.324 e. The van der Waals surface area contributed by atoms with Crippen molar-refractivity contribution >= 4 is 11.9 Å². The maximum Gasteiger partial charge on any atom is 0.324 e. The molecular formula is C14H19NO4. The van der Waals surface area contributed by atoms with Gasteiger partial charge in [0.15, 0.2) is 5.41 Å². The van der Waals surface area contributed by atoms with Gasteiger partial charge in [-0.2, -0.15) is 0 Å². The van der Waals surface area contributed by atoms with E-state index in [0.29, 0.717) is 0 Å². The molecule has 0 saturated carbocycles. The molecule has 104 valence electrons. The molecule has 0 saturated heterocycles. The third kappa shape index (κ3) is 3.10. The number of hydrogen-bond acceptors (Lipinski definition) is 4. The van der Waals surface area contributed by atoms with E-state index in [4.69, 9.17) is 4.74 Å². The number of pyridine rings is 1. The van der Waals surface area contributed by atoms with Crippen molar-refractivity contribution in [1.29, 1.82) is 0 Å². The maximum absolute atomic E-state index is 12.1. The second kappa shape index (κ2) is 6.31. The number of carboxylic acids is 1. The van der Waals surface area contributed by atoms with Crippen molar-refractivity contribution in [2.45, 2.75) is 27.2 Å². The number of aromatic nitrogens is 1. The first-order valence-electron chi connectivity index (χ1n) is 6.24. The van der Waals surface area contributed by atoms with Gasteiger partial charge in [0.05, 0.1) is 6.61 Å². The normalized spacial score (nSPS) is 13.9. The Morgan fingerprint density at radius 1 is 1.37 bits per heavy atom. The van der Waals surface area contributed by atoms with Gasteiger partial charge in [0.25, 0.3) is 0 Å². The molecule has 0 aliphatic carbocycles. The van der Waals surface area contributed by atoms with Gasteiger partial charge in [0, 0.05) is 12.4 Å². The monoisotopic (exact) mass is 265 g/mol. The Balaban J connectivity index is 3.17. The van der Waals surface area contributed by atoms with E-state index >= 15 is 0 Å². The minimum atomic E-state index is -1.56. The lowest BCUT2D eigenvalue weighted by Crippen LogP contribution is -2.46. The van der Waals surface area contributed by atoms with E-state index in [1.165, 1.54) is 0 Å². The van der Waals surface area contributed by atoms with Gasteiger partial charge in [-0.3, -0.25) is 14.6 Å². The zero-order valence-electron chi connectivity index (χ0n) is 11.4. The Kier molecular flexibility index (Phi) is 5.03. The Bertz CT molecular complexity index is 444. The fourth-order valence-electron chi connectivity index (χ4n) is 2.00. The lowest BCUT2D eigenvalue weighted by Gasteiger charge is -2.30. The third-order valence-corrected chi connectivity index (χ3v) is 3.24. The Morgan fingerprint density at radius 2 is 1.95 bits per heavy atom. The summed E-state index contributed by atoms with van der Waals surface area (Å²) < 4.78 is 4.97. The molecule has 1 unspecified atom stereocenters. The topological polar surface area (TPSA) is 76.5 Å². The second-order valence-corrected chi connectivity index (χ2v) is 4.68. The summed E-state index contributed by atoms with van der Waals surface area (Å²) in [5.41, 5.74) is -0.809. The number of esters is 1. The van der Waals surface area contributed by atoms with Gasteiger partial charge in [0.1, 0.15) is 0 Å². The zero-order chi connectivity index (χ0) is 14.5. The van der Waals surface area contributed by atoms with E-state index in [0.717, 1.165) is 5.56 Å². The van der Waals surface area contributed by atoms with E-state index < -0.39 is 17.4 Å². The van der Waals surface area contributed by atoms with Gasteiger partial charge in [-0.25, -0.2) is 0 Å². The van der Waals surface area contributed by atoms with Crippen molar-refractivity contribution in [2.24, 2.45) is 11.3 Å². The van der Waals surface area contributed by atoms with Crippen LogP contribution in [0.4, 0.5) is 0 Å². The molecule has 1 heterocycles. The van der Waals surface area contributed by atoms with E-state index in [9.17, 15) is 14.7 Å². The number of hydrogen-bond donors (Lipinski definition) is 1. The third-order valence-electron chi connectivity index (χ3n) is 3.24. The van der Waals surface area contributed by atoms with Crippen LogP contribution in [0.2, 0.25) is 0 Å². The second-order valence-electron chi connectivity index (χ2n) is 4.68. The highest BCUT2D eigenvalue weighted by atomic mass is 16.5. The summed E-state index contributed by atoms with van der Waals surface area (Å²) in [4.78, 5) is 27.7. The van der Waals surface area contributed by atoms with Crippen molar-refractivity contribution in [3.05, 3.63) is 30.1 Å². The standard InChI is InChI=1S/C14H19NO4/c1-4-19-13(18)14(10(2)3,12(16)17)9-11-5-7-15-8-6-11/h5-8,10H,4,9H2,1-3H3,(H,16,17). The molecule has 0 aromatic carbocycles. The molecule has 1 atom stereocenters. The summed E-state index contributed by atoms with van der Waals surface area (Å²) in [6.45, 7) is 5.26. The molecule has 0 bridgehead atoms. The number of ether oxygens (including phenoxy) is 1. The van der Waals surface area contributed by atoms with E-state index in [-0.39, 0.29) is 18.9 Å². The fourth-order valence-corrected chi connectivity index (χ4v) is 2.00. The Morgan fingerprint density at radius 3 is 2.37 bits per heavy atom. The van der Waals surface area contributed by atoms with Gasteiger partial charge in [-0.05, 0) is 37.0 Å². The maximum atomic E-state index is 12.1. The molecule has 5 nitrogen and oxygen atoms in total. The van der Waals surface area contributed by atoms with Crippen LogP contribution in [0.1, 0.15) is 26.3 Å². The van der Waals surface area contributed by atoms with Crippen molar-refractivity contribution in [3.8, 4) is 0 Å². The van der Waals surface area contributed by atoms with Crippen LogP contribution in [0.5, 0.6) is 0 Å². The largest absolute Gasteiger partial charge is 0.480 e. The van der Waals surface area contributed by atoms with Crippen LogP contribution in [-0.4, -0.2) is 28.6 Å². The molecule has 1 rings (SSSR count). The minimum absolute atomic E-state index is 0.0986. The number of nitrogens with zero attached hydrogens (tertiary/aromatic N) is 1. The Hall–Kier alpha value is -1.91. The Labute approximate surface area is 112 Å². The zero-order valence-corrected chi connectivity index (χ0v) is 11.4. The lowest BCUT2D eigenvalue weighted by atomic mass is 9.72. The highest BCUT2D eigenvalue weighted by Crippen LogP contribution is 2.34. The molecule has 19 heavy (non-hydrogen) atoms. The predicted molar refractivity (Wildman–Crippen MR) is 69.5 cm³/mol. The quantitative estimate of drug-likeness (QED) is 0.628. The number of carboxylic acid groups (broad SMARTS) is 1. The van der Waals surface area contributed by atoms with Gasteiger partial charge in [-0.15, -0.1) is 0 Å². The van der Waals surface area contributed by atoms with Crippen molar-refractivity contribution in [2.75, 3.05) is 6.61 Å². The summed E-state index contributed by atoms with van der Waals surface area (Å²) in [5.74, 6) is -2.22. The van der Waals surface area contributed by atoms with Gasteiger partial charge in [-0.1, -0.05) is 13.8 Å². The molecule has 1 N–H and O–H groups in total. The summed E-state index contributed by atoms with van der Waals surface area (Å²) in [6, 6.07) is 3.42. The minimum Gasteiger partial charge on any atom is -0.480 e.